The van der Waals surface area contributed by atoms with Crippen molar-refractivity contribution in [2.45, 2.75) is 71.9 Å². The summed E-state index contributed by atoms with van der Waals surface area (Å²) in [7, 11) is 0. The van der Waals surface area contributed by atoms with Gasteiger partial charge in [-0.15, -0.1) is 0 Å². The van der Waals surface area contributed by atoms with Crippen LogP contribution >= 0.6 is 0 Å². The van der Waals surface area contributed by atoms with E-state index in [4.69, 9.17) is 0 Å². The molecule has 112 valence electrons. The third-order valence-corrected chi connectivity index (χ3v) is 5.16. The second-order valence-electron chi connectivity index (χ2n) is 7.41. The van der Waals surface area contributed by atoms with Crippen molar-refractivity contribution in [2.24, 2.45) is 17.8 Å². The molecule has 2 nitrogen and oxygen atoms in total. The van der Waals surface area contributed by atoms with Gasteiger partial charge in [0.1, 0.15) is 0 Å². The molecule has 1 aliphatic heterocycles. The molecule has 2 rings (SSSR count). The van der Waals surface area contributed by atoms with Crippen LogP contribution in [0.1, 0.15) is 59.8 Å². The quantitative estimate of drug-likeness (QED) is 0.758. The van der Waals surface area contributed by atoms with Gasteiger partial charge in [0.25, 0.3) is 0 Å². The zero-order valence-electron chi connectivity index (χ0n) is 13.5. The zero-order valence-corrected chi connectivity index (χ0v) is 13.5. The highest BCUT2D eigenvalue weighted by molar-refractivity contribution is 4.89. The van der Waals surface area contributed by atoms with Crippen LogP contribution in [0.3, 0.4) is 0 Å². The maximum absolute atomic E-state index is 3.82. The first kappa shape index (κ1) is 15.3. The number of rotatable bonds is 7. The first-order valence-electron chi connectivity index (χ1n) is 8.57. The summed E-state index contributed by atoms with van der Waals surface area (Å²) in [5, 5.41) is 3.82. The fourth-order valence-corrected chi connectivity index (χ4v) is 3.35. The van der Waals surface area contributed by atoms with Gasteiger partial charge in [-0.05, 0) is 37.1 Å². The maximum atomic E-state index is 3.82. The maximum Gasteiger partial charge on any atom is 0.0223 e. The summed E-state index contributed by atoms with van der Waals surface area (Å²) >= 11 is 0. The molecule has 3 unspecified atom stereocenters. The molecule has 2 heteroatoms. The summed E-state index contributed by atoms with van der Waals surface area (Å²) in [4.78, 5) is 2.81. The second kappa shape index (κ2) is 7.08. The molecule has 0 aromatic carbocycles. The minimum Gasteiger partial charge on any atom is -0.311 e. The van der Waals surface area contributed by atoms with Gasteiger partial charge < -0.3 is 5.32 Å². The van der Waals surface area contributed by atoms with Crippen LogP contribution in [-0.2, 0) is 0 Å². The molecule has 0 radical (unpaired) electrons. The molecule has 1 saturated heterocycles. The van der Waals surface area contributed by atoms with Gasteiger partial charge in [0.05, 0.1) is 0 Å². The molecule has 0 aromatic heterocycles. The van der Waals surface area contributed by atoms with Gasteiger partial charge in [0.2, 0.25) is 0 Å². The molecular weight excluding hydrogens is 232 g/mol. The molecule has 2 aliphatic rings. The van der Waals surface area contributed by atoms with Crippen LogP contribution in [0.25, 0.3) is 0 Å². The summed E-state index contributed by atoms with van der Waals surface area (Å²) in [5.41, 5.74) is 0. The first-order chi connectivity index (χ1) is 9.10. The van der Waals surface area contributed by atoms with Crippen LogP contribution in [0.2, 0.25) is 0 Å². The molecule has 0 aromatic rings. The van der Waals surface area contributed by atoms with Crippen LogP contribution < -0.4 is 5.32 Å². The van der Waals surface area contributed by atoms with Crippen LogP contribution in [0.5, 0.6) is 0 Å². The summed E-state index contributed by atoms with van der Waals surface area (Å²) in [5.74, 6) is 2.69. The van der Waals surface area contributed by atoms with Crippen molar-refractivity contribution in [1.29, 1.82) is 0 Å². The second-order valence-corrected chi connectivity index (χ2v) is 7.41. The minimum atomic E-state index is 0.715. The Labute approximate surface area is 120 Å². The van der Waals surface area contributed by atoms with Crippen LogP contribution in [0.15, 0.2) is 0 Å². The van der Waals surface area contributed by atoms with Crippen molar-refractivity contribution in [3.63, 3.8) is 0 Å². The lowest BCUT2D eigenvalue weighted by Crippen LogP contribution is -2.58. The summed E-state index contributed by atoms with van der Waals surface area (Å²) in [6.45, 7) is 13.3. The Morgan fingerprint density at radius 3 is 2.53 bits per heavy atom. The number of nitrogens with zero attached hydrogens (tertiary/aromatic N) is 1. The van der Waals surface area contributed by atoms with Gasteiger partial charge >= 0.3 is 0 Å². The lowest BCUT2D eigenvalue weighted by molar-refractivity contribution is 0.0931. The van der Waals surface area contributed by atoms with Gasteiger partial charge in [-0.2, -0.15) is 0 Å². The molecule has 0 spiro atoms. The van der Waals surface area contributed by atoms with Crippen molar-refractivity contribution in [1.82, 2.24) is 10.2 Å². The Balaban J connectivity index is 1.87. The standard InChI is InChI=1S/C17H34N2/c1-5-14(4)17-12-19(9-8-15-6-7-15)16(11-18-17)10-13(2)3/h13-18H,5-12H2,1-4H3. The molecule has 2 fully saturated rings. The number of nitrogens with one attached hydrogen (secondary N) is 1. The van der Waals surface area contributed by atoms with E-state index in [1.54, 1.807) is 0 Å². The van der Waals surface area contributed by atoms with Crippen molar-refractivity contribution in [3.05, 3.63) is 0 Å². The summed E-state index contributed by atoms with van der Waals surface area (Å²) in [6, 6.07) is 1.49. The van der Waals surface area contributed by atoms with Crippen molar-refractivity contribution in [2.75, 3.05) is 19.6 Å². The van der Waals surface area contributed by atoms with Crippen LogP contribution in [0, 0.1) is 17.8 Å². The monoisotopic (exact) mass is 266 g/mol. The van der Waals surface area contributed by atoms with E-state index in [0.29, 0.717) is 6.04 Å². The summed E-state index contributed by atoms with van der Waals surface area (Å²) in [6.07, 6.45) is 7.08. The Hall–Kier alpha value is -0.0800. The lowest BCUT2D eigenvalue weighted by atomic mass is 9.92. The van der Waals surface area contributed by atoms with Gasteiger partial charge in [-0.1, -0.05) is 47.0 Å². The Morgan fingerprint density at radius 1 is 1.21 bits per heavy atom. The van der Waals surface area contributed by atoms with Crippen molar-refractivity contribution < 1.29 is 0 Å². The van der Waals surface area contributed by atoms with E-state index in [1.165, 1.54) is 51.7 Å². The van der Waals surface area contributed by atoms with Gasteiger partial charge in [-0.3, -0.25) is 4.90 Å². The van der Waals surface area contributed by atoms with Crippen molar-refractivity contribution in [3.8, 4) is 0 Å². The number of hydrogen-bond donors (Lipinski definition) is 1. The average Bonchev–Trinajstić information content (AvgIpc) is 3.20. The van der Waals surface area contributed by atoms with E-state index in [9.17, 15) is 0 Å². The highest BCUT2D eigenvalue weighted by atomic mass is 15.2. The Bertz CT molecular complexity index is 260. The zero-order chi connectivity index (χ0) is 13.8. The molecule has 0 bridgehead atoms. The minimum absolute atomic E-state index is 0.715. The molecule has 1 aliphatic carbocycles. The molecule has 1 N–H and O–H groups in total. The third kappa shape index (κ3) is 4.75. The van der Waals surface area contributed by atoms with E-state index in [1.807, 2.05) is 0 Å². The van der Waals surface area contributed by atoms with Gasteiger partial charge in [0.15, 0.2) is 0 Å². The smallest absolute Gasteiger partial charge is 0.0223 e. The molecular formula is C17H34N2. The molecule has 0 amide bonds. The molecule has 1 heterocycles. The highest BCUT2D eigenvalue weighted by Crippen LogP contribution is 2.33. The summed E-state index contributed by atoms with van der Waals surface area (Å²) < 4.78 is 0. The largest absolute Gasteiger partial charge is 0.311 e. The molecule has 19 heavy (non-hydrogen) atoms. The molecule has 3 atom stereocenters. The predicted octanol–water partition coefficient (Wildman–Crippen LogP) is 3.52. The normalized spacial score (nSPS) is 30.8. The van der Waals surface area contributed by atoms with E-state index in [-0.39, 0.29) is 0 Å². The average molecular weight is 266 g/mol. The Morgan fingerprint density at radius 2 is 1.95 bits per heavy atom. The van der Waals surface area contributed by atoms with E-state index >= 15 is 0 Å². The fourth-order valence-electron chi connectivity index (χ4n) is 3.35. The third-order valence-electron chi connectivity index (χ3n) is 5.16. The van der Waals surface area contributed by atoms with E-state index in [2.05, 4.69) is 37.9 Å². The van der Waals surface area contributed by atoms with Crippen LogP contribution in [0.4, 0.5) is 0 Å². The van der Waals surface area contributed by atoms with E-state index < -0.39 is 0 Å². The Kier molecular flexibility index (Phi) is 5.70. The predicted molar refractivity (Wildman–Crippen MR) is 83.4 cm³/mol. The lowest BCUT2D eigenvalue weighted by Gasteiger charge is -2.43. The van der Waals surface area contributed by atoms with Crippen molar-refractivity contribution >= 4 is 0 Å². The van der Waals surface area contributed by atoms with Gasteiger partial charge in [-0.25, -0.2) is 0 Å². The van der Waals surface area contributed by atoms with Gasteiger partial charge in [0, 0.05) is 25.2 Å². The SMILES string of the molecule is CCC(C)C1CN(CCC2CC2)C(CC(C)C)CN1. The van der Waals surface area contributed by atoms with Crippen LogP contribution in [-0.4, -0.2) is 36.6 Å². The van der Waals surface area contributed by atoms with E-state index in [0.717, 1.165) is 23.8 Å². The number of piperazine rings is 1. The fraction of sp³-hybridized carbons (Fsp3) is 1.00. The molecule has 1 saturated carbocycles. The number of hydrogen-bond acceptors (Lipinski definition) is 2. The highest BCUT2D eigenvalue weighted by Gasteiger charge is 2.31. The topological polar surface area (TPSA) is 15.3 Å². The first-order valence-corrected chi connectivity index (χ1v) is 8.57.